The Labute approximate surface area is 121 Å². The fraction of sp³-hybridized carbons (Fsp3) is 0.867. The van der Waals surface area contributed by atoms with E-state index >= 15 is 0 Å². The molecule has 0 bridgehead atoms. The second-order valence-corrected chi connectivity index (χ2v) is 5.35. The average Bonchev–Trinajstić information content (AvgIpc) is 2.37. The third-order valence-corrected chi connectivity index (χ3v) is 3.36. The van der Waals surface area contributed by atoms with Gasteiger partial charge in [-0.3, -0.25) is 9.59 Å². The fourth-order valence-corrected chi connectivity index (χ4v) is 2.16. The van der Waals surface area contributed by atoms with Crippen LogP contribution in [-0.4, -0.2) is 33.4 Å². The predicted octanol–water partition coefficient (Wildman–Crippen LogP) is 3.20. The normalized spacial score (nSPS) is 10.9. The number of aliphatic hydroxyl groups excluding tert-OH is 1. The van der Waals surface area contributed by atoms with Crippen molar-refractivity contribution in [3.63, 3.8) is 0 Å². The molecule has 0 amide bonds. The second kappa shape index (κ2) is 12.9. The number of carboxylic acid groups (broad SMARTS) is 2. The van der Waals surface area contributed by atoms with Crippen molar-refractivity contribution in [3.8, 4) is 0 Å². The van der Waals surface area contributed by atoms with Crippen molar-refractivity contribution in [2.75, 3.05) is 0 Å². The first kappa shape index (κ1) is 18.9. The minimum Gasteiger partial charge on any atom is -0.481 e. The molecule has 0 heterocycles. The smallest absolute Gasteiger partial charge is 0.303 e. The van der Waals surface area contributed by atoms with Gasteiger partial charge in [-0.1, -0.05) is 38.5 Å². The van der Waals surface area contributed by atoms with Crippen LogP contribution in [0.25, 0.3) is 0 Å². The molecule has 0 unspecified atom stereocenters. The van der Waals surface area contributed by atoms with E-state index < -0.39 is 11.9 Å². The third-order valence-electron chi connectivity index (χ3n) is 3.36. The molecule has 0 aliphatic heterocycles. The molecule has 0 rings (SSSR count). The van der Waals surface area contributed by atoms with E-state index in [2.05, 4.69) is 0 Å². The lowest BCUT2D eigenvalue weighted by atomic mass is 10.0. The summed E-state index contributed by atoms with van der Waals surface area (Å²) in [6.45, 7) is 0. The molecule has 0 radical (unpaired) electrons. The summed E-state index contributed by atoms with van der Waals surface area (Å²) < 4.78 is 0. The maximum Gasteiger partial charge on any atom is 0.303 e. The van der Waals surface area contributed by atoms with E-state index in [1.54, 1.807) is 0 Å². The van der Waals surface area contributed by atoms with Gasteiger partial charge in [0.15, 0.2) is 0 Å². The molecule has 3 N–H and O–H groups in total. The molecule has 0 spiro atoms. The van der Waals surface area contributed by atoms with Crippen molar-refractivity contribution < 1.29 is 24.9 Å². The number of hydrogen-bond acceptors (Lipinski definition) is 3. The first-order valence-electron chi connectivity index (χ1n) is 7.64. The zero-order valence-electron chi connectivity index (χ0n) is 12.2. The number of aliphatic hydroxyl groups is 1. The molecule has 20 heavy (non-hydrogen) atoms. The van der Waals surface area contributed by atoms with Crippen molar-refractivity contribution >= 4 is 11.9 Å². The Bertz CT molecular complexity index is 239. The van der Waals surface area contributed by atoms with Crippen molar-refractivity contribution in [1.82, 2.24) is 0 Å². The van der Waals surface area contributed by atoms with Gasteiger partial charge in [-0.25, -0.2) is 0 Å². The zero-order chi connectivity index (χ0) is 15.2. The number of hydrogen-bond donors (Lipinski definition) is 3. The zero-order valence-corrected chi connectivity index (χ0v) is 12.2. The number of unbranched alkanes of at least 4 members (excludes halogenated alkanes) is 6. The van der Waals surface area contributed by atoms with Gasteiger partial charge < -0.3 is 15.3 Å². The Balaban J connectivity index is 3.22. The maximum absolute atomic E-state index is 10.3. The van der Waals surface area contributed by atoms with Gasteiger partial charge in [-0.15, -0.1) is 0 Å². The van der Waals surface area contributed by atoms with Gasteiger partial charge in [-0.2, -0.15) is 0 Å². The van der Waals surface area contributed by atoms with E-state index in [-0.39, 0.29) is 18.9 Å². The first-order chi connectivity index (χ1) is 9.52. The van der Waals surface area contributed by atoms with Crippen LogP contribution in [0.15, 0.2) is 0 Å². The van der Waals surface area contributed by atoms with E-state index in [1.807, 2.05) is 0 Å². The third kappa shape index (κ3) is 15.0. The van der Waals surface area contributed by atoms with E-state index in [9.17, 15) is 14.7 Å². The molecule has 0 aliphatic carbocycles. The van der Waals surface area contributed by atoms with Gasteiger partial charge in [0.05, 0.1) is 6.10 Å². The van der Waals surface area contributed by atoms with E-state index in [1.165, 1.54) is 0 Å². The Morgan fingerprint density at radius 3 is 1.35 bits per heavy atom. The molecule has 0 aliphatic rings. The highest BCUT2D eigenvalue weighted by Crippen LogP contribution is 2.13. The Morgan fingerprint density at radius 1 is 0.650 bits per heavy atom. The van der Waals surface area contributed by atoms with Crippen molar-refractivity contribution in [1.29, 1.82) is 0 Å². The summed E-state index contributed by atoms with van der Waals surface area (Å²) in [7, 11) is 0. The highest BCUT2D eigenvalue weighted by Gasteiger charge is 2.04. The minimum absolute atomic E-state index is 0.235. The quantitative estimate of drug-likeness (QED) is 0.427. The molecule has 0 aromatic heterocycles. The number of aliphatic carboxylic acids is 2. The summed E-state index contributed by atoms with van der Waals surface area (Å²) >= 11 is 0. The molecule has 0 fully saturated rings. The van der Waals surface area contributed by atoms with Crippen molar-refractivity contribution in [2.24, 2.45) is 0 Å². The van der Waals surface area contributed by atoms with Crippen LogP contribution in [0.3, 0.4) is 0 Å². The molecule has 0 saturated carbocycles. The summed E-state index contributed by atoms with van der Waals surface area (Å²) in [5.41, 5.74) is 0. The standard InChI is InChI=1S/C15H28O5/c16-13(9-5-1-3-7-11-14(17)18)10-6-2-4-8-12-15(19)20/h13,16H,1-12H2,(H,17,18)(H,19,20). The number of carboxylic acids is 2. The molecule has 5 heteroatoms. The lowest BCUT2D eigenvalue weighted by Crippen LogP contribution is -2.06. The largest absolute Gasteiger partial charge is 0.481 e. The molecule has 0 atom stereocenters. The number of carbonyl (C=O) groups is 2. The van der Waals surface area contributed by atoms with Crippen LogP contribution in [-0.2, 0) is 9.59 Å². The molecule has 5 nitrogen and oxygen atoms in total. The highest BCUT2D eigenvalue weighted by molar-refractivity contribution is 5.66. The topological polar surface area (TPSA) is 94.8 Å². The van der Waals surface area contributed by atoms with Crippen LogP contribution in [0.1, 0.15) is 77.0 Å². The SMILES string of the molecule is O=C(O)CCCCCCC(O)CCCCCCC(=O)O. The summed E-state index contributed by atoms with van der Waals surface area (Å²) in [5.74, 6) is -1.49. The molecular formula is C15H28O5. The summed E-state index contributed by atoms with van der Waals surface area (Å²) in [5, 5.41) is 26.7. The van der Waals surface area contributed by atoms with Crippen LogP contribution in [0.5, 0.6) is 0 Å². The summed E-state index contributed by atoms with van der Waals surface area (Å²) in [6.07, 6.45) is 8.86. The van der Waals surface area contributed by atoms with Crippen LogP contribution >= 0.6 is 0 Å². The summed E-state index contributed by atoms with van der Waals surface area (Å²) in [4.78, 5) is 20.6. The molecular weight excluding hydrogens is 260 g/mol. The average molecular weight is 288 g/mol. The monoisotopic (exact) mass is 288 g/mol. The van der Waals surface area contributed by atoms with Crippen LogP contribution in [0.4, 0.5) is 0 Å². The molecule has 118 valence electrons. The number of rotatable bonds is 14. The minimum atomic E-state index is -0.743. The van der Waals surface area contributed by atoms with Gasteiger partial charge in [0.25, 0.3) is 0 Å². The maximum atomic E-state index is 10.3. The fourth-order valence-electron chi connectivity index (χ4n) is 2.16. The lowest BCUT2D eigenvalue weighted by molar-refractivity contribution is -0.138. The van der Waals surface area contributed by atoms with Crippen LogP contribution in [0, 0.1) is 0 Å². The molecule has 0 aromatic rings. The van der Waals surface area contributed by atoms with Gasteiger partial charge >= 0.3 is 11.9 Å². The lowest BCUT2D eigenvalue weighted by Gasteiger charge is -2.10. The van der Waals surface area contributed by atoms with Gasteiger partial charge in [-0.05, 0) is 25.7 Å². The molecule has 0 aromatic carbocycles. The van der Waals surface area contributed by atoms with Crippen LogP contribution in [0.2, 0.25) is 0 Å². The summed E-state index contributed by atoms with van der Waals surface area (Å²) in [6, 6.07) is 0. The molecule has 0 saturated heterocycles. The van der Waals surface area contributed by atoms with E-state index in [0.717, 1.165) is 64.2 Å². The first-order valence-corrected chi connectivity index (χ1v) is 7.64. The van der Waals surface area contributed by atoms with Crippen molar-refractivity contribution in [2.45, 2.75) is 83.2 Å². The highest BCUT2D eigenvalue weighted by atomic mass is 16.4. The van der Waals surface area contributed by atoms with Crippen molar-refractivity contribution in [3.05, 3.63) is 0 Å². The van der Waals surface area contributed by atoms with Gasteiger partial charge in [0.1, 0.15) is 0 Å². The van der Waals surface area contributed by atoms with E-state index in [4.69, 9.17) is 10.2 Å². The van der Waals surface area contributed by atoms with Gasteiger partial charge in [0, 0.05) is 12.8 Å². The Kier molecular flexibility index (Phi) is 12.2. The predicted molar refractivity (Wildman–Crippen MR) is 76.7 cm³/mol. The van der Waals surface area contributed by atoms with Crippen LogP contribution < -0.4 is 0 Å². The second-order valence-electron chi connectivity index (χ2n) is 5.35. The Hall–Kier alpha value is -1.10. The van der Waals surface area contributed by atoms with Gasteiger partial charge in [0.2, 0.25) is 0 Å². The van der Waals surface area contributed by atoms with E-state index in [0.29, 0.717) is 0 Å². The Morgan fingerprint density at radius 2 is 1.00 bits per heavy atom.